The van der Waals surface area contributed by atoms with E-state index in [1.165, 1.54) is 30.2 Å². The van der Waals surface area contributed by atoms with E-state index >= 15 is 0 Å². The number of nitrogens with one attached hydrogen (secondary N) is 3. The number of rotatable bonds is 9. The minimum Gasteiger partial charge on any atom is -0.444 e. The van der Waals surface area contributed by atoms with Crippen molar-refractivity contribution in [1.29, 1.82) is 0 Å². The first-order valence-electron chi connectivity index (χ1n) is 15.4. The zero-order valence-electron chi connectivity index (χ0n) is 27.5. The van der Waals surface area contributed by atoms with Gasteiger partial charge in [0.1, 0.15) is 17.7 Å². The third kappa shape index (κ3) is 9.47. The van der Waals surface area contributed by atoms with E-state index in [-0.39, 0.29) is 18.0 Å². The normalized spacial score (nSPS) is 11.8. The molecular weight excluding hydrogens is 653 g/mol. The Morgan fingerprint density at radius 3 is 2.37 bits per heavy atom. The lowest BCUT2D eigenvalue weighted by molar-refractivity contribution is -0.137. The Labute approximate surface area is 286 Å². The van der Waals surface area contributed by atoms with Gasteiger partial charge in [-0.1, -0.05) is 37.7 Å². The molecule has 2 aromatic heterocycles. The fraction of sp³-hybridized carbons (Fsp3) is 0.250. The van der Waals surface area contributed by atoms with Crippen LogP contribution in [0.4, 0.5) is 35.2 Å². The number of carbonyl (C=O) groups excluding carboxylic acids is 2. The van der Waals surface area contributed by atoms with Crippen LogP contribution < -0.4 is 16.0 Å². The van der Waals surface area contributed by atoms with Crippen molar-refractivity contribution in [3.63, 3.8) is 0 Å². The van der Waals surface area contributed by atoms with Gasteiger partial charge in [-0.15, -0.1) is 0 Å². The van der Waals surface area contributed by atoms with Crippen LogP contribution >= 0.6 is 11.8 Å². The van der Waals surface area contributed by atoms with Gasteiger partial charge in [0.15, 0.2) is 5.65 Å². The average molecular weight is 689 g/mol. The summed E-state index contributed by atoms with van der Waals surface area (Å²) >= 11 is 1.41. The van der Waals surface area contributed by atoms with Crippen molar-refractivity contribution in [2.24, 2.45) is 0 Å². The number of fused-ring (bicyclic) bond motifs is 1. The van der Waals surface area contributed by atoms with Crippen molar-refractivity contribution in [2.75, 3.05) is 10.6 Å². The fourth-order valence-corrected chi connectivity index (χ4v) is 5.54. The molecule has 0 unspecified atom stereocenters. The summed E-state index contributed by atoms with van der Waals surface area (Å²) in [6, 6.07) is 20.9. The lowest BCUT2D eigenvalue weighted by Gasteiger charge is -2.19. The molecule has 5 aromatic rings. The molecule has 0 spiro atoms. The van der Waals surface area contributed by atoms with Gasteiger partial charge in [-0.25, -0.2) is 19.7 Å². The molecule has 0 saturated carbocycles. The number of carbonyl (C=O) groups is 2. The molecule has 9 nitrogen and oxygen atoms in total. The molecule has 254 valence electrons. The van der Waals surface area contributed by atoms with Crippen molar-refractivity contribution in [3.05, 3.63) is 108 Å². The number of ether oxygens (including phenoxy) is 1. The van der Waals surface area contributed by atoms with Crippen LogP contribution in [0.2, 0.25) is 0 Å². The predicted octanol–water partition coefficient (Wildman–Crippen LogP) is 9.34. The summed E-state index contributed by atoms with van der Waals surface area (Å²) in [7, 11) is 0. The Morgan fingerprint density at radius 1 is 0.918 bits per heavy atom. The molecular formula is C36H35F3N6O3S. The highest BCUT2D eigenvalue weighted by molar-refractivity contribution is 7.99. The number of pyridine rings is 1. The van der Waals surface area contributed by atoms with Gasteiger partial charge < -0.3 is 15.4 Å². The van der Waals surface area contributed by atoms with E-state index in [0.29, 0.717) is 33.8 Å². The van der Waals surface area contributed by atoms with Gasteiger partial charge in [0.2, 0.25) is 0 Å². The highest BCUT2D eigenvalue weighted by Gasteiger charge is 2.30. The molecule has 0 atom stereocenters. The van der Waals surface area contributed by atoms with Crippen LogP contribution in [0.1, 0.15) is 67.7 Å². The second kappa shape index (κ2) is 14.5. The summed E-state index contributed by atoms with van der Waals surface area (Å²) < 4.78 is 44.9. The predicted molar refractivity (Wildman–Crippen MR) is 184 cm³/mol. The number of anilines is 3. The highest BCUT2D eigenvalue weighted by Crippen LogP contribution is 2.37. The standard InChI is InChI=1S/C36H35F3N6O3S/c1-21(2)28-15-14-27-31(44-28)41-20-42-32(27)45-29-18-23(33(46)40-19-22-7-6-8-24(17-22)36(37,38)39)9-16-30(29)49-26-12-10-25(11-13-26)43-34(47)48-35(3,4)5/h6-18,20-21H,19H2,1-5H3,(H,40,46)(H,43,47)(H,41,42,44,45). The Balaban J connectivity index is 1.41. The van der Waals surface area contributed by atoms with E-state index in [2.05, 4.69) is 30.9 Å². The Kier molecular flexibility index (Phi) is 10.4. The zero-order chi connectivity index (χ0) is 35.3. The number of hydrogen-bond acceptors (Lipinski definition) is 8. The van der Waals surface area contributed by atoms with Gasteiger partial charge in [-0.3, -0.25) is 10.1 Å². The Hall–Kier alpha value is -5.17. The number of aromatic nitrogens is 3. The molecule has 0 fully saturated rings. The molecule has 0 aliphatic carbocycles. The summed E-state index contributed by atoms with van der Waals surface area (Å²) in [5.41, 5.74) is 1.71. The van der Waals surface area contributed by atoms with E-state index < -0.39 is 29.3 Å². The van der Waals surface area contributed by atoms with Gasteiger partial charge in [0, 0.05) is 33.3 Å². The summed E-state index contributed by atoms with van der Waals surface area (Å²) in [6.07, 6.45) is -3.63. The number of nitrogens with zero attached hydrogens (tertiary/aromatic N) is 3. The van der Waals surface area contributed by atoms with Crippen molar-refractivity contribution in [3.8, 4) is 0 Å². The summed E-state index contributed by atoms with van der Waals surface area (Å²) in [6.45, 7) is 9.35. The molecule has 5 rings (SSSR count). The van der Waals surface area contributed by atoms with E-state index in [1.54, 1.807) is 51.1 Å². The number of benzene rings is 3. The highest BCUT2D eigenvalue weighted by atomic mass is 32.2. The van der Waals surface area contributed by atoms with Crippen LogP contribution in [0, 0.1) is 0 Å². The lowest BCUT2D eigenvalue weighted by Crippen LogP contribution is -2.27. The maximum atomic E-state index is 13.3. The first-order valence-corrected chi connectivity index (χ1v) is 16.2. The molecule has 13 heteroatoms. The van der Waals surface area contributed by atoms with E-state index in [0.717, 1.165) is 27.6 Å². The molecule has 0 saturated heterocycles. The van der Waals surface area contributed by atoms with E-state index in [1.807, 2.05) is 38.1 Å². The molecule has 2 heterocycles. The third-order valence-electron chi connectivity index (χ3n) is 7.04. The maximum Gasteiger partial charge on any atom is 0.416 e. The summed E-state index contributed by atoms with van der Waals surface area (Å²) in [4.78, 5) is 40.5. The quantitative estimate of drug-likeness (QED) is 0.140. The largest absolute Gasteiger partial charge is 0.444 e. The number of amides is 2. The molecule has 3 aromatic carbocycles. The molecule has 0 radical (unpaired) electrons. The van der Waals surface area contributed by atoms with Gasteiger partial charge >= 0.3 is 12.3 Å². The molecule has 49 heavy (non-hydrogen) atoms. The molecule has 0 aliphatic heterocycles. The second-order valence-corrected chi connectivity index (χ2v) is 13.6. The van der Waals surface area contributed by atoms with Gasteiger partial charge in [-0.2, -0.15) is 13.2 Å². The van der Waals surface area contributed by atoms with E-state index in [9.17, 15) is 22.8 Å². The lowest BCUT2D eigenvalue weighted by atomic mass is 10.1. The van der Waals surface area contributed by atoms with Crippen LogP contribution in [0.25, 0.3) is 11.0 Å². The van der Waals surface area contributed by atoms with Crippen LogP contribution in [0.15, 0.2) is 95.0 Å². The molecule has 0 bridgehead atoms. The van der Waals surface area contributed by atoms with Gasteiger partial charge in [-0.05, 0) is 99.0 Å². The van der Waals surface area contributed by atoms with Crippen molar-refractivity contribution in [1.82, 2.24) is 20.3 Å². The smallest absolute Gasteiger partial charge is 0.416 e. The zero-order valence-corrected chi connectivity index (χ0v) is 28.3. The second-order valence-electron chi connectivity index (χ2n) is 12.5. The summed E-state index contributed by atoms with van der Waals surface area (Å²) in [5, 5.41) is 9.45. The third-order valence-corrected chi connectivity index (χ3v) is 8.12. The number of hydrogen-bond donors (Lipinski definition) is 3. The van der Waals surface area contributed by atoms with Crippen molar-refractivity contribution < 1.29 is 27.5 Å². The van der Waals surface area contributed by atoms with Gasteiger partial charge in [0.25, 0.3) is 5.91 Å². The van der Waals surface area contributed by atoms with Crippen molar-refractivity contribution in [2.45, 2.75) is 68.6 Å². The monoisotopic (exact) mass is 688 g/mol. The van der Waals surface area contributed by atoms with Crippen LogP contribution in [0.3, 0.4) is 0 Å². The van der Waals surface area contributed by atoms with Crippen molar-refractivity contribution >= 4 is 52.0 Å². The Morgan fingerprint density at radius 2 is 1.67 bits per heavy atom. The van der Waals surface area contributed by atoms with Gasteiger partial charge in [0.05, 0.1) is 16.6 Å². The number of alkyl halides is 3. The molecule has 2 amide bonds. The molecule has 0 aliphatic rings. The minimum absolute atomic E-state index is 0.0912. The topological polar surface area (TPSA) is 118 Å². The molecule has 3 N–H and O–H groups in total. The first kappa shape index (κ1) is 35.1. The maximum absolute atomic E-state index is 13.3. The fourth-order valence-electron chi connectivity index (χ4n) is 4.66. The van der Waals surface area contributed by atoms with Crippen LogP contribution in [0.5, 0.6) is 0 Å². The average Bonchev–Trinajstić information content (AvgIpc) is 3.04. The number of halogens is 3. The Bertz CT molecular complexity index is 1980. The SMILES string of the molecule is CC(C)c1ccc2c(Nc3cc(C(=O)NCc4cccc(C(F)(F)F)c4)ccc3Sc3ccc(NC(=O)OC(C)(C)C)cc3)ncnc2n1. The minimum atomic E-state index is -4.49. The van der Waals surface area contributed by atoms with E-state index in [4.69, 9.17) is 4.74 Å². The summed E-state index contributed by atoms with van der Waals surface area (Å²) in [5.74, 6) is 0.217. The van der Waals surface area contributed by atoms with Crippen LogP contribution in [-0.4, -0.2) is 32.6 Å². The van der Waals surface area contributed by atoms with Crippen LogP contribution in [-0.2, 0) is 17.5 Å². The first-order chi connectivity index (χ1) is 23.1.